The molecular formula is C25H26N2O3S. The quantitative estimate of drug-likeness (QED) is 0.652. The smallest absolute Gasteiger partial charge is 0.262 e. The predicted molar refractivity (Wildman–Crippen MR) is 123 cm³/mol. The molecule has 6 heteroatoms. The van der Waals surface area contributed by atoms with E-state index in [0.29, 0.717) is 29.9 Å². The Morgan fingerprint density at radius 3 is 2.42 bits per heavy atom. The molecular weight excluding hydrogens is 408 g/mol. The number of anilines is 1. The number of aryl methyl sites for hydroxylation is 2. The summed E-state index contributed by atoms with van der Waals surface area (Å²) < 4.78 is 29.0. The summed E-state index contributed by atoms with van der Waals surface area (Å²) in [6.45, 7) is 6.71. The van der Waals surface area contributed by atoms with Crippen LogP contribution in [0.5, 0.6) is 0 Å². The minimum atomic E-state index is -3.84. The Morgan fingerprint density at radius 1 is 0.903 bits per heavy atom. The number of carbonyl (C=O) groups excluding carboxylic acids is 1. The van der Waals surface area contributed by atoms with Gasteiger partial charge in [0.25, 0.3) is 15.9 Å². The average molecular weight is 435 g/mol. The summed E-state index contributed by atoms with van der Waals surface area (Å²) in [6, 6.07) is 18.5. The lowest BCUT2D eigenvalue weighted by Gasteiger charge is -2.29. The normalized spacial score (nSPS) is 13.6. The van der Waals surface area contributed by atoms with E-state index in [4.69, 9.17) is 0 Å². The molecule has 31 heavy (non-hydrogen) atoms. The van der Waals surface area contributed by atoms with E-state index in [1.165, 1.54) is 11.6 Å². The average Bonchev–Trinajstić information content (AvgIpc) is 2.76. The highest BCUT2D eigenvalue weighted by atomic mass is 32.2. The molecule has 5 nitrogen and oxygen atoms in total. The van der Waals surface area contributed by atoms with E-state index in [2.05, 4.69) is 10.8 Å². The number of rotatable bonds is 4. The van der Waals surface area contributed by atoms with Gasteiger partial charge in [-0.15, -0.1) is 0 Å². The maximum atomic E-state index is 13.2. The first-order valence-electron chi connectivity index (χ1n) is 10.3. The number of amides is 1. The standard InChI is InChI=1S/C25H26N2O3S/c1-17-7-6-10-23(19(17)3)26-31(29,30)24-15-21(12-11-18(24)2)25(28)27-14-13-20-8-4-5-9-22(20)16-27/h4-12,15,26H,13-14,16H2,1-3H3. The first kappa shape index (κ1) is 21.1. The second kappa shape index (κ2) is 8.19. The van der Waals surface area contributed by atoms with Gasteiger partial charge in [0.05, 0.1) is 10.6 Å². The maximum absolute atomic E-state index is 13.2. The summed E-state index contributed by atoms with van der Waals surface area (Å²) >= 11 is 0. The van der Waals surface area contributed by atoms with Gasteiger partial charge < -0.3 is 4.90 Å². The largest absolute Gasteiger partial charge is 0.334 e. The van der Waals surface area contributed by atoms with Crippen LogP contribution in [0.1, 0.15) is 38.2 Å². The minimum absolute atomic E-state index is 0.122. The van der Waals surface area contributed by atoms with E-state index in [1.54, 1.807) is 30.0 Å². The van der Waals surface area contributed by atoms with E-state index in [9.17, 15) is 13.2 Å². The molecule has 0 radical (unpaired) electrons. The first-order valence-corrected chi connectivity index (χ1v) is 11.8. The summed E-state index contributed by atoms with van der Waals surface area (Å²) in [4.78, 5) is 15.1. The zero-order valence-electron chi connectivity index (χ0n) is 18.0. The van der Waals surface area contributed by atoms with Crippen molar-refractivity contribution in [1.29, 1.82) is 0 Å². The van der Waals surface area contributed by atoms with E-state index in [-0.39, 0.29) is 10.8 Å². The zero-order chi connectivity index (χ0) is 22.2. The molecule has 3 aromatic rings. The van der Waals surface area contributed by atoms with Crippen molar-refractivity contribution in [2.45, 2.75) is 38.6 Å². The lowest BCUT2D eigenvalue weighted by Crippen LogP contribution is -2.36. The molecule has 0 atom stereocenters. The summed E-state index contributed by atoms with van der Waals surface area (Å²) in [5.74, 6) is -0.155. The summed E-state index contributed by atoms with van der Waals surface area (Å²) in [7, 11) is -3.84. The van der Waals surface area contributed by atoms with Crippen LogP contribution in [0, 0.1) is 20.8 Å². The Hall–Kier alpha value is -3.12. The second-order valence-corrected chi connectivity index (χ2v) is 9.73. The fourth-order valence-electron chi connectivity index (χ4n) is 3.94. The molecule has 0 unspecified atom stereocenters. The van der Waals surface area contributed by atoms with Crippen LogP contribution in [-0.4, -0.2) is 25.8 Å². The van der Waals surface area contributed by atoms with Gasteiger partial charge in [-0.2, -0.15) is 0 Å². The summed E-state index contributed by atoms with van der Waals surface area (Å²) in [6.07, 6.45) is 0.799. The third-order valence-electron chi connectivity index (χ3n) is 5.99. The fourth-order valence-corrected chi connectivity index (χ4v) is 5.33. The Morgan fingerprint density at radius 2 is 1.65 bits per heavy atom. The Labute approximate surface area is 183 Å². The van der Waals surface area contributed by atoms with E-state index in [0.717, 1.165) is 23.1 Å². The van der Waals surface area contributed by atoms with Crippen LogP contribution in [-0.2, 0) is 23.0 Å². The SMILES string of the molecule is Cc1ccc(C(=O)N2CCc3ccccc3C2)cc1S(=O)(=O)Nc1cccc(C)c1C. The van der Waals surface area contributed by atoms with Crippen LogP contribution in [0.2, 0.25) is 0 Å². The van der Waals surface area contributed by atoms with Gasteiger partial charge in [-0.05, 0) is 73.2 Å². The number of benzene rings is 3. The van der Waals surface area contributed by atoms with Gasteiger partial charge in [-0.3, -0.25) is 9.52 Å². The Kier molecular flexibility index (Phi) is 5.58. The van der Waals surface area contributed by atoms with Crippen LogP contribution in [0.4, 0.5) is 5.69 Å². The van der Waals surface area contributed by atoms with Crippen molar-refractivity contribution in [3.8, 4) is 0 Å². The summed E-state index contributed by atoms with van der Waals surface area (Å²) in [5.41, 5.74) is 5.80. The predicted octanol–water partition coefficient (Wildman–Crippen LogP) is 4.61. The molecule has 0 spiro atoms. The molecule has 0 bridgehead atoms. The molecule has 0 aliphatic carbocycles. The van der Waals surface area contributed by atoms with Gasteiger partial charge in [0.1, 0.15) is 0 Å². The number of fused-ring (bicyclic) bond motifs is 1. The fraction of sp³-hybridized carbons (Fsp3) is 0.240. The van der Waals surface area contributed by atoms with Gasteiger partial charge in [0.2, 0.25) is 0 Å². The molecule has 1 heterocycles. The highest BCUT2D eigenvalue weighted by molar-refractivity contribution is 7.92. The van der Waals surface area contributed by atoms with Crippen LogP contribution in [0.25, 0.3) is 0 Å². The van der Waals surface area contributed by atoms with Crippen molar-refractivity contribution >= 4 is 21.6 Å². The molecule has 1 amide bonds. The zero-order valence-corrected chi connectivity index (χ0v) is 18.8. The van der Waals surface area contributed by atoms with Gasteiger partial charge in [0.15, 0.2) is 0 Å². The molecule has 0 saturated carbocycles. The molecule has 1 aliphatic rings. The number of hydrogen-bond acceptors (Lipinski definition) is 3. The molecule has 3 aromatic carbocycles. The van der Waals surface area contributed by atoms with Crippen LogP contribution < -0.4 is 4.72 Å². The lowest BCUT2D eigenvalue weighted by atomic mass is 9.99. The van der Waals surface area contributed by atoms with Crippen molar-refractivity contribution in [2.24, 2.45) is 0 Å². The van der Waals surface area contributed by atoms with Crippen molar-refractivity contribution in [3.05, 3.63) is 94.0 Å². The summed E-state index contributed by atoms with van der Waals surface area (Å²) in [5, 5.41) is 0. The molecule has 1 N–H and O–H groups in total. The van der Waals surface area contributed by atoms with Gasteiger partial charge in [0, 0.05) is 18.7 Å². The maximum Gasteiger partial charge on any atom is 0.262 e. The Balaban J connectivity index is 1.62. The Bertz CT molecular complexity index is 1270. The molecule has 1 aliphatic heterocycles. The first-order chi connectivity index (χ1) is 14.8. The molecule has 4 rings (SSSR count). The molecule has 0 aromatic heterocycles. The van der Waals surface area contributed by atoms with Gasteiger partial charge in [-0.25, -0.2) is 8.42 Å². The van der Waals surface area contributed by atoms with Crippen LogP contribution in [0.15, 0.2) is 65.6 Å². The van der Waals surface area contributed by atoms with E-state index in [1.807, 2.05) is 44.2 Å². The third kappa shape index (κ3) is 4.21. The van der Waals surface area contributed by atoms with Crippen molar-refractivity contribution in [3.63, 3.8) is 0 Å². The molecule has 0 fully saturated rings. The van der Waals surface area contributed by atoms with Crippen molar-refractivity contribution in [2.75, 3.05) is 11.3 Å². The van der Waals surface area contributed by atoms with E-state index >= 15 is 0 Å². The van der Waals surface area contributed by atoms with E-state index < -0.39 is 10.0 Å². The topological polar surface area (TPSA) is 66.5 Å². The number of sulfonamides is 1. The minimum Gasteiger partial charge on any atom is -0.334 e. The number of carbonyl (C=O) groups is 1. The van der Waals surface area contributed by atoms with Crippen LogP contribution in [0.3, 0.4) is 0 Å². The van der Waals surface area contributed by atoms with Gasteiger partial charge >= 0.3 is 0 Å². The number of nitrogens with one attached hydrogen (secondary N) is 1. The lowest BCUT2D eigenvalue weighted by molar-refractivity contribution is 0.0734. The van der Waals surface area contributed by atoms with Gasteiger partial charge in [-0.1, -0.05) is 42.5 Å². The molecule has 0 saturated heterocycles. The van der Waals surface area contributed by atoms with Crippen LogP contribution >= 0.6 is 0 Å². The van der Waals surface area contributed by atoms with Crippen molar-refractivity contribution in [1.82, 2.24) is 4.90 Å². The number of hydrogen-bond donors (Lipinski definition) is 1. The third-order valence-corrected chi connectivity index (χ3v) is 7.50. The monoisotopic (exact) mass is 434 g/mol. The number of nitrogens with zero attached hydrogens (tertiary/aromatic N) is 1. The highest BCUT2D eigenvalue weighted by Gasteiger charge is 2.24. The van der Waals surface area contributed by atoms with Crippen molar-refractivity contribution < 1.29 is 13.2 Å². The molecule has 160 valence electrons. The second-order valence-electron chi connectivity index (χ2n) is 8.08. The highest BCUT2D eigenvalue weighted by Crippen LogP contribution is 2.26.